The van der Waals surface area contributed by atoms with Gasteiger partial charge in [-0.15, -0.1) is 12.4 Å². The summed E-state index contributed by atoms with van der Waals surface area (Å²) < 4.78 is 0. The van der Waals surface area contributed by atoms with Gasteiger partial charge in [0.05, 0.1) is 0 Å². The second kappa shape index (κ2) is 8.52. The van der Waals surface area contributed by atoms with Gasteiger partial charge >= 0.3 is 0 Å². The second-order valence-corrected chi connectivity index (χ2v) is 7.93. The molecule has 4 N–H and O–H groups in total. The molecule has 3 atom stereocenters. The van der Waals surface area contributed by atoms with Crippen LogP contribution in [0.15, 0.2) is 0 Å². The Balaban J connectivity index is 0.00000208. The standard InChI is InChI=1S/C18H31N3O2.ClH/c1-11(20-18(23)12-5-2-3-6-12)17(22)21-16-13-7-4-8-14(16)10-15(19)9-13;/h11-16H,2-10,19H2,1H3,(H,20,23)(H,21,22);1H. The lowest BCUT2D eigenvalue weighted by molar-refractivity contribution is -0.131. The van der Waals surface area contributed by atoms with Crippen LogP contribution in [0.5, 0.6) is 0 Å². The highest BCUT2D eigenvalue weighted by Gasteiger charge is 2.40. The van der Waals surface area contributed by atoms with Gasteiger partial charge in [-0.1, -0.05) is 19.3 Å². The van der Waals surface area contributed by atoms with Crippen molar-refractivity contribution in [2.24, 2.45) is 23.5 Å². The van der Waals surface area contributed by atoms with Crippen LogP contribution in [0.2, 0.25) is 0 Å². The molecule has 0 spiro atoms. The zero-order chi connectivity index (χ0) is 16.4. The normalized spacial score (nSPS) is 34.1. The Kier molecular flexibility index (Phi) is 6.93. The summed E-state index contributed by atoms with van der Waals surface area (Å²) in [5.41, 5.74) is 6.14. The molecule has 2 bridgehead atoms. The lowest BCUT2D eigenvalue weighted by Crippen LogP contribution is -2.57. The van der Waals surface area contributed by atoms with E-state index in [9.17, 15) is 9.59 Å². The van der Waals surface area contributed by atoms with Gasteiger partial charge in [0.2, 0.25) is 11.8 Å². The molecule has 3 fully saturated rings. The Morgan fingerprint density at radius 1 is 1.00 bits per heavy atom. The molecule has 3 aliphatic rings. The molecule has 3 unspecified atom stereocenters. The predicted molar refractivity (Wildman–Crippen MR) is 96.8 cm³/mol. The van der Waals surface area contributed by atoms with Crippen molar-refractivity contribution in [3.63, 3.8) is 0 Å². The quantitative estimate of drug-likeness (QED) is 0.720. The Morgan fingerprint density at radius 3 is 2.17 bits per heavy atom. The minimum absolute atomic E-state index is 0. The van der Waals surface area contributed by atoms with Gasteiger partial charge in [0.15, 0.2) is 0 Å². The van der Waals surface area contributed by atoms with E-state index >= 15 is 0 Å². The average molecular weight is 358 g/mol. The van der Waals surface area contributed by atoms with Crippen molar-refractivity contribution in [3.8, 4) is 0 Å². The third-order valence-electron chi connectivity index (χ3n) is 6.16. The maximum Gasteiger partial charge on any atom is 0.242 e. The first-order valence-electron chi connectivity index (χ1n) is 9.41. The highest BCUT2D eigenvalue weighted by Crippen LogP contribution is 2.39. The summed E-state index contributed by atoms with van der Waals surface area (Å²) in [5, 5.41) is 6.14. The van der Waals surface area contributed by atoms with Gasteiger partial charge in [-0.2, -0.15) is 0 Å². The van der Waals surface area contributed by atoms with E-state index in [1.807, 2.05) is 0 Å². The van der Waals surface area contributed by atoms with E-state index in [1.54, 1.807) is 6.92 Å². The van der Waals surface area contributed by atoms with Crippen LogP contribution < -0.4 is 16.4 Å². The van der Waals surface area contributed by atoms with Gasteiger partial charge in [-0.05, 0) is 57.3 Å². The summed E-state index contributed by atoms with van der Waals surface area (Å²) in [6.45, 7) is 1.80. The third-order valence-corrected chi connectivity index (χ3v) is 6.16. The molecular formula is C18H32ClN3O2. The molecule has 2 amide bonds. The van der Waals surface area contributed by atoms with Crippen molar-refractivity contribution >= 4 is 24.2 Å². The Hall–Kier alpha value is -0.810. The molecule has 0 aromatic rings. The lowest BCUT2D eigenvalue weighted by Gasteiger charge is -2.45. The highest BCUT2D eigenvalue weighted by atomic mass is 35.5. The van der Waals surface area contributed by atoms with Gasteiger partial charge in [0.25, 0.3) is 0 Å². The molecule has 0 aliphatic heterocycles. The fourth-order valence-electron chi connectivity index (χ4n) is 4.90. The number of halogens is 1. The molecule has 6 heteroatoms. The summed E-state index contributed by atoms with van der Waals surface area (Å²) in [6.07, 6.45) is 9.80. The Morgan fingerprint density at radius 2 is 1.58 bits per heavy atom. The van der Waals surface area contributed by atoms with Crippen molar-refractivity contribution < 1.29 is 9.59 Å². The number of nitrogens with two attached hydrogens (primary N) is 1. The van der Waals surface area contributed by atoms with E-state index in [2.05, 4.69) is 10.6 Å². The topological polar surface area (TPSA) is 84.2 Å². The van der Waals surface area contributed by atoms with E-state index in [0.717, 1.165) is 51.4 Å². The SMILES string of the molecule is CC(NC(=O)C1CCCC1)C(=O)NC1C2CCCC1CC(N)C2.Cl. The van der Waals surface area contributed by atoms with Crippen molar-refractivity contribution in [2.75, 3.05) is 0 Å². The summed E-state index contributed by atoms with van der Waals surface area (Å²) in [7, 11) is 0. The molecule has 0 aromatic carbocycles. The summed E-state index contributed by atoms with van der Waals surface area (Å²) >= 11 is 0. The van der Waals surface area contributed by atoms with Gasteiger partial charge in [0, 0.05) is 18.0 Å². The molecule has 5 nitrogen and oxygen atoms in total. The van der Waals surface area contributed by atoms with Crippen LogP contribution in [0.4, 0.5) is 0 Å². The van der Waals surface area contributed by atoms with E-state index in [0.29, 0.717) is 11.8 Å². The lowest BCUT2D eigenvalue weighted by atomic mass is 9.67. The van der Waals surface area contributed by atoms with E-state index in [4.69, 9.17) is 5.73 Å². The van der Waals surface area contributed by atoms with Crippen LogP contribution in [0.3, 0.4) is 0 Å². The number of nitrogens with one attached hydrogen (secondary N) is 2. The molecule has 0 aromatic heterocycles. The molecule has 3 rings (SSSR count). The average Bonchev–Trinajstić information content (AvgIpc) is 3.02. The van der Waals surface area contributed by atoms with E-state index < -0.39 is 6.04 Å². The number of amides is 2. The van der Waals surface area contributed by atoms with Gasteiger partial charge < -0.3 is 16.4 Å². The molecule has 0 radical (unpaired) electrons. The summed E-state index contributed by atoms with van der Waals surface area (Å²) in [5.74, 6) is 1.15. The summed E-state index contributed by atoms with van der Waals surface area (Å²) in [6, 6.07) is 0.0965. The van der Waals surface area contributed by atoms with Gasteiger partial charge in [-0.3, -0.25) is 9.59 Å². The minimum atomic E-state index is -0.445. The fourth-order valence-corrected chi connectivity index (χ4v) is 4.90. The first-order valence-corrected chi connectivity index (χ1v) is 9.41. The zero-order valence-corrected chi connectivity index (χ0v) is 15.4. The largest absolute Gasteiger partial charge is 0.351 e. The van der Waals surface area contributed by atoms with Crippen LogP contribution in [-0.4, -0.2) is 29.9 Å². The maximum atomic E-state index is 12.5. The third kappa shape index (κ3) is 4.42. The smallest absolute Gasteiger partial charge is 0.242 e. The number of carbonyl (C=O) groups is 2. The zero-order valence-electron chi connectivity index (χ0n) is 14.6. The van der Waals surface area contributed by atoms with Crippen molar-refractivity contribution in [1.29, 1.82) is 0 Å². The molecule has 3 saturated carbocycles. The molecule has 0 heterocycles. The predicted octanol–water partition coefficient (Wildman–Crippen LogP) is 2.13. The van der Waals surface area contributed by atoms with Crippen LogP contribution in [0.25, 0.3) is 0 Å². The van der Waals surface area contributed by atoms with Gasteiger partial charge in [-0.25, -0.2) is 0 Å². The minimum Gasteiger partial charge on any atom is -0.351 e. The van der Waals surface area contributed by atoms with Crippen molar-refractivity contribution in [2.45, 2.75) is 82.8 Å². The monoisotopic (exact) mass is 357 g/mol. The number of carbonyl (C=O) groups excluding carboxylic acids is 2. The Labute approximate surface area is 151 Å². The Bertz CT molecular complexity index is 440. The van der Waals surface area contributed by atoms with Crippen LogP contribution in [-0.2, 0) is 9.59 Å². The number of hydrogen-bond donors (Lipinski definition) is 3. The van der Waals surface area contributed by atoms with Crippen molar-refractivity contribution in [1.82, 2.24) is 10.6 Å². The molecule has 3 aliphatic carbocycles. The fraction of sp³-hybridized carbons (Fsp3) is 0.889. The molecule has 0 saturated heterocycles. The van der Waals surface area contributed by atoms with Crippen LogP contribution >= 0.6 is 12.4 Å². The molecule has 138 valence electrons. The van der Waals surface area contributed by atoms with Gasteiger partial charge in [0.1, 0.15) is 6.04 Å². The molecular weight excluding hydrogens is 326 g/mol. The van der Waals surface area contributed by atoms with E-state index in [1.165, 1.54) is 6.42 Å². The van der Waals surface area contributed by atoms with Crippen LogP contribution in [0.1, 0.15) is 64.7 Å². The second-order valence-electron chi connectivity index (χ2n) is 7.93. The number of hydrogen-bond acceptors (Lipinski definition) is 3. The maximum absolute atomic E-state index is 12.5. The van der Waals surface area contributed by atoms with Crippen LogP contribution in [0, 0.1) is 17.8 Å². The number of rotatable bonds is 4. The summed E-state index contributed by atoms with van der Waals surface area (Å²) in [4.78, 5) is 24.7. The van der Waals surface area contributed by atoms with E-state index in [-0.39, 0.29) is 42.2 Å². The van der Waals surface area contributed by atoms with Crippen molar-refractivity contribution in [3.05, 3.63) is 0 Å². The first-order chi connectivity index (χ1) is 11.0. The molecule has 24 heavy (non-hydrogen) atoms. The first kappa shape index (κ1) is 19.5. The number of fused-ring (bicyclic) bond motifs is 2. The highest BCUT2D eigenvalue weighted by molar-refractivity contribution is 5.88.